The topological polar surface area (TPSA) is 88.5 Å². The standard InChI is InChI=1S/C16H24N2O4/c1-4-5-14(11(2)3)22-15(20)9-18-16(21)12-6-7-17-13(8-12)10-19/h6-8,11,14,19H,4-5,9-10H2,1-3H3,(H,18,21). The average Bonchev–Trinajstić information content (AvgIpc) is 2.52. The van der Waals surface area contributed by atoms with Crippen LogP contribution in [0.5, 0.6) is 0 Å². The molecule has 0 aromatic carbocycles. The molecule has 0 aliphatic heterocycles. The smallest absolute Gasteiger partial charge is 0.325 e. The van der Waals surface area contributed by atoms with Gasteiger partial charge in [-0.3, -0.25) is 14.6 Å². The van der Waals surface area contributed by atoms with Crippen LogP contribution < -0.4 is 5.32 Å². The van der Waals surface area contributed by atoms with Gasteiger partial charge in [0.1, 0.15) is 12.6 Å². The predicted molar refractivity (Wildman–Crippen MR) is 82.1 cm³/mol. The second-order valence-electron chi connectivity index (χ2n) is 5.44. The number of hydrogen-bond donors (Lipinski definition) is 2. The monoisotopic (exact) mass is 308 g/mol. The minimum atomic E-state index is -0.447. The van der Waals surface area contributed by atoms with Crippen molar-refractivity contribution in [1.29, 1.82) is 0 Å². The Morgan fingerprint density at radius 2 is 2.14 bits per heavy atom. The normalized spacial score (nSPS) is 12.0. The van der Waals surface area contributed by atoms with E-state index in [0.717, 1.165) is 12.8 Å². The highest BCUT2D eigenvalue weighted by molar-refractivity contribution is 5.95. The molecule has 1 amide bonds. The van der Waals surface area contributed by atoms with E-state index >= 15 is 0 Å². The van der Waals surface area contributed by atoms with Gasteiger partial charge in [0.15, 0.2) is 0 Å². The third-order valence-electron chi connectivity index (χ3n) is 3.23. The fourth-order valence-corrected chi connectivity index (χ4v) is 1.98. The van der Waals surface area contributed by atoms with E-state index in [4.69, 9.17) is 9.84 Å². The van der Waals surface area contributed by atoms with E-state index in [1.165, 1.54) is 18.3 Å². The van der Waals surface area contributed by atoms with Gasteiger partial charge < -0.3 is 15.2 Å². The molecule has 1 aromatic heterocycles. The van der Waals surface area contributed by atoms with E-state index in [9.17, 15) is 9.59 Å². The highest BCUT2D eigenvalue weighted by Crippen LogP contribution is 2.12. The molecule has 0 aliphatic rings. The van der Waals surface area contributed by atoms with Crippen LogP contribution in [-0.2, 0) is 16.1 Å². The molecule has 0 bridgehead atoms. The number of amides is 1. The molecule has 0 saturated heterocycles. The summed E-state index contributed by atoms with van der Waals surface area (Å²) in [5.74, 6) is -0.602. The number of hydrogen-bond acceptors (Lipinski definition) is 5. The van der Waals surface area contributed by atoms with E-state index < -0.39 is 11.9 Å². The van der Waals surface area contributed by atoms with Gasteiger partial charge in [0.2, 0.25) is 0 Å². The maximum Gasteiger partial charge on any atom is 0.325 e. The van der Waals surface area contributed by atoms with Crippen molar-refractivity contribution in [2.45, 2.75) is 46.3 Å². The summed E-state index contributed by atoms with van der Waals surface area (Å²) >= 11 is 0. The number of esters is 1. The van der Waals surface area contributed by atoms with Crippen LogP contribution in [0, 0.1) is 5.92 Å². The van der Waals surface area contributed by atoms with Crippen LogP contribution in [0.15, 0.2) is 18.3 Å². The first-order chi connectivity index (χ1) is 10.5. The van der Waals surface area contributed by atoms with Crippen molar-refractivity contribution in [2.75, 3.05) is 6.54 Å². The Morgan fingerprint density at radius 1 is 1.41 bits per heavy atom. The molecule has 22 heavy (non-hydrogen) atoms. The van der Waals surface area contributed by atoms with Gasteiger partial charge in [-0.05, 0) is 24.5 Å². The highest BCUT2D eigenvalue weighted by atomic mass is 16.5. The lowest BCUT2D eigenvalue weighted by Crippen LogP contribution is -2.34. The second kappa shape index (κ2) is 9.15. The summed E-state index contributed by atoms with van der Waals surface area (Å²) in [6, 6.07) is 3.00. The molecule has 1 rings (SSSR count). The first-order valence-electron chi connectivity index (χ1n) is 7.51. The van der Waals surface area contributed by atoms with Crippen molar-refractivity contribution in [3.8, 4) is 0 Å². The first-order valence-corrected chi connectivity index (χ1v) is 7.51. The van der Waals surface area contributed by atoms with Crippen LogP contribution in [0.2, 0.25) is 0 Å². The van der Waals surface area contributed by atoms with Crippen LogP contribution in [0.25, 0.3) is 0 Å². The van der Waals surface area contributed by atoms with Gasteiger partial charge in [-0.25, -0.2) is 0 Å². The number of ether oxygens (including phenoxy) is 1. The van der Waals surface area contributed by atoms with Crippen LogP contribution >= 0.6 is 0 Å². The van der Waals surface area contributed by atoms with Gasteiger partial charge in [0.25, 0.3) is 5.91 Å². The molecule has 1 unspecified atom stereocenters. The van der Waals surface area contributed by atoms with Crippen molar-refractivity contribution in [3.05, 3.63) is 29.6 Å². The Hall–Kier alpha value is -1.95. The summed E-state index contributed by atoms with van der Waals surface area (Å²) in [5, 5.41) is 11.5. The Kier molecular flexibility index (Phi) is 7.52. The minimum absolute atomic E-state index is 0.128. The molecule has 0 aliphatic carbocycles. The third-order valence-corrected chi connectivity index (χ3v) is 3.23. The molecule has 1 atom stereocenters. The largest absolute Gasteiger partial charge is 0.461 e. The third kappa shape index (κ3) is 5.81. The first kappa shape index (κ1) is 18.1. The maximum atomic E-state index is 11.9. The number of nitrogens with one attached hydrogen (secondary N) is 1. The van der Waals surface area contributed by atoms with E-state index in [1.54, 1.807) is 0 Å². The lowest BCUT2D eigenvalue weighted by molar-refractivity contribution is -0.150. The lowest BCUT2D eigenvalue weighted by Gasteiger charge is -2.20. The maximum absolute atomic E-state index is 11.9. The molecule has 6 nitrogen and oxygen atoms in total. The van der Waals surface area contributed by atoms with Crippen molar-refractivity contribution in [3.63, 3.8) is 0 Å². The summed E-state index contributed by atoms with van der Waals surface area (Å²) in [4.78, 5) is 27.6. The molecule has 0 spiro atoms. The number of aromatic nitrogens is 1. The molecular weight excluding hydrogens is 284 g/mol. The van der Waals surface area contributed by atoms with Gasteiger partial charge in [0.05, 0.1) is 12.3 Å². The molecule has 2 N–H and O–H groups in total. The molecule has 1 heterocycles. The van der Waals surface area contributed by atoms with Gasteiger partial charge >= 0.3 is 5.97 Å². The molecule has 6 heteroatoms. The fourth-order valence-electron chi connectivity index (χ4n) is 1.98. The Balaban J connectivity index is 2.50. The number of nitrogens with zero attached hydrogens (tertiary/aromatic N) is 1. The van der Waals surface area contributed by atoms with Crippen molar-refractivity contribution < 1.29 is 19.4 Å². The zero-order valence-corrected chi connectivity index (χ0v) is 13.3. The SMILES string of the molecule is CCCC(OC(=O)CNC(=O)c1ccnc(CO)c1)C(C)C. The van der Waals surface area contributed by atoms with Crippen molar-refractivity contribution >= 4 is 11.9 Å². The Bertz CT molecular complexity index is 503. The molecule has 122 valence electrons. The van der Waals surface area contributed by atoms with E-state index in [-0.39, 0.29) is 25.2 Å². The van der Waals surface area contributed by atoms with Crippen LogP contribution in [0.3, 0.4) is 0 Å². The van der Waals surface area contributed by atoms with Gasteiger partial charge in [-0.15, -0.1) is 0 Å². The number of carbonyl (C=O) groups is 2. The Labute approximate surface area is 130 Å². The molecule has 1 aromatic rings. The van der Waals surface area contributed by atoms with Crippen LogP contribution in [0.4, 0.5) is 0 Å². The molecule has 0 radical (unpaired) electrons. The molecular formula is C16H24N2O4. The number of rotatable bonds is 8. The van der Waals surface area contributed by atoms with Gasteiger partial charge in [0, 0.05) is 11.8 Å². The Morgan fingerprint density at radius 3 is 2.73 bits per heavy atom. The number of aliphatic hydroxyl groups is 1. The highest BCUT2D eigenvalue weighted by Gasteiger charge is 2.18. The van der Waals surface area contributed by atoms with Crippen molar-refractivity contribution in [1.82, 2.24) is 10.3 Å². The number of pyridine rings is 1. The minimum Gasteiger partial charge on any atom is -0.461 e. The summed E-state index contributed by atoms with van der Waals surface area (Å²) < 4.78 is 5.38. The predicted octanol–water partition coefficient (Wildman–Crippen LogP) is 1.67. The summed E-state index contributed by atoms with van der Waals surface area (Å²) in [5.41, 5.74) is 0.749. The van der Waals surface area contributed by atoms with Crippen LogP contribution in [-0.4, -0.2) is 34.6 Å². The van der Waals surface area contributed by atoms with Crippen molar-refractivity contribution in [2.24, 2.45) is 5.92 Å². The molecule has 0 saturated carbocycles. The van der Waals surface area contributed by atoms with E-state index in [0.29, 0.717) is 11.3 Å². The molecule has 0 fully saturated rings. The fraction of sp³-hybridized carbons (Fsp3) is 0.562. The number of aliphatic hydroxyl groups excluding tert-OH is 1. The zero-order valence-electron chi connectivity index (χ0n) is 13.3. The van der Waals surface area contributed by atoms with E-state index in [1.807, 2.05) is 20.8 Å². The zero-order chi connectivity index (χ0) is 16.5. The average molecular weight is 308 g/mol. The lowest BCUT2D eigenvalue weighted by atomic mass is 10.0. The quantitative estimate of drug-likeness (QED) is 0.713. The number of carbonyl (C=O) groups excluding carboxylic acids is 2. The van der Waals surface area contributed by atoms with Crippen LogP contribution in [0.1, 0.15) is 49.7 Å². The van der Waals surface area contributed by atoms with Gasteiger partial charge in [-0.2, -0.15) is 0 Å². The summed E-state index contributed by atoms with van der Waals surface area (Å²) in [7, 11) is 0. The summed E-state index contributed by atoms with van der Waals surface area (Å²) in [6.45, 7) is 5.62. The van der Waals surface area contributed by atoms with E-state index in [2.05, 4.69) is 10.3 Å². The van der Waals surface area contributed by atoms with Gasteiger partial charge in [-0.1, -0.05) is 27.2 Å². The summed E-state index contributed by atoms with van der Waals surface area (Å²) in [6.07, 6.45) is 3.05. The second-order valence-corrected chi connectivity index (χ2v) is 5.44.